The van der Waals surface area contributed by atoms with E-state index in [0.29, 0.717) is 5.56 Å². The van der Waals surface area contributed by atoms with Crippen molar-refractivity contribution < 1.29 is 9.53 Å². The molecule has 0 bridgehead atoms. The smallest absolute Gasteiger partial charge is 0.186 e. The molecule has 1 aromatic carbocycles. The molecule has 2 nitrogen and oxygen atoms in total. The number of carbonyl (C=O) groups excluding carboxylic acids is 1. The maximum Gasteiger partial charge on any atom is 0.186 e. The van der Waals surface area contributed by atoms with Gasteiger partial charge in [0.1, 0.15) is 0 Å². The molecule has 0 unspecified atom stereocenters. The first-order valence-electron chi connectivity index (χ1n) is 4.76. The van der Waals surface area contributed by atoms with Gasteiger partial charge in [0, 0.05) is 10.0 Å². The quantitative estimate of drug-likeness (QED) is 0.609. The van der Waals surface area contributed by atoms with E-state index in [0.717, 1.165) is 10.0 Å². The van der Waals surface area contributed by atoms with Crippen LogP contribution in [0.25, 0.3) is 0 Å². The zero-order valence-corrected chi connectivity index (χ0v) is 9.98. The summed E-state index contributed by atoms with van der Waals surface area (Å²) in [6.07, 6.45) is 8.16. The van der Waals surface area contributed by atoms with Crippen LogP contribution in [0.1, 0.15) is 10.4 Å². The molecule has 3 heteroatoms. The second-order valence-corrected chi connectivity index (χ2v) is 4.17. The van der Waals surface area contributed by atoms with E-state index in [1.165, 1.54) is 0 Å². The molecule has 0 spiro atoms. The highest BCUT2D eigenvalue weighted by Gasteiger charge is 2.03. The normalized spacial score (nSPS) is 13.4. The number of allylic oxidation sites excluding steroid dienone is 4. The lowest BCUT2D eigenvalue weighted by atomic mass is 10.1. The molecule has 0 amide bonds. The Morgan fingerprint density at radius 3 is 2.38 bits per heavy atom. The van der Waals surface area contributed by atoms with E-state index in [4.69, 9.17) is 4.74 Å². The van der Waals surface area contributed by atoms with E-state index in [1.807, 2.05) is 12.1 Å². The van der Waals surface area contributed by atoms with Crippen LogP contribution in [0.15, 0.2) is 65.1 Å². The second kappa shape index (κ2) is 4.94. The minimum Gasteiger partial charge on any atom is -0.473 e. The minimum atomic E-state index is -0.0151. The Hall–Kier alpha value is -1.61. The molecule has 0 radical (unpaired) electrons. The fourth-order valence-corrected chi connectivity index (χ4v) is 1.55. The molecule has 1 heterocycles. The van der Waals surface area contributed by atoms with E-state index in [1.54, 1.807) is 42.9 Å². The number of ether oxygens (including phenoxy) is 1. The number of hydrogen-bond donors (Lipinski definition) is 0. The third-order valence-corrected chi connectivity index (χ3v) is 2.63. The highest BCUT2D eigenvalue weighted by atomic mass is 79.9. The van der Waals surface area contributed by atoms with Gasteiger partial charge in [0.25, 0.3) is 0 Å². The van der Waals surface area contributed by atoms with Crippen molar-refractivity contribution in [3.05, 3.63) is 70.6 Å². The predicted molar refractivity (Wildman–Crippen MR) is 65.9 cm³/mol. The van der Waals surface area contributed by atoms with Crippen LogP contribution in [-0.2, 0) is 4.74 Å². The lowest BCUT2D eigenvalue weighted by molar-refractivity contribution is 0.104. The molecule has 0 N–H and O–H groups in total. The van der Waals surface area contributed by atoms with Gasteiger partial charge in [-0.1, -0.05) is 15.9 Å². The number of rotatable bonds is 2. The fraction of sp³-hybridized carbons (Fsp3) is 0. The standard InChI is InChI=1S/C13H9BrO2/c14-12-3-1-11(2-4-12)13(15)9-10-5-7-16-8-6-10/h1-9H. The molecule has 1 aliphatic rings. The van der Waals surface area contributed by atoms with E-state index in [9.17, 15) is 4.79 Å². The Morgan fingerprint density at radius 2 is 1.75 bits per heavy atom. The summed E-state index contributed by atoms with van der Waals surface area (Å²) in [7, 11) is 0. The molecule has 2 rings (SSSR count). The number of ketones is 1. The molecule has 0 saturated carbocycles. The second-order valence-electron chi connectivity index (χ2n) is 3.26. The van der Waals surface area contributed by atoms with Crippen molar-refractivity contribution in [2.75, 3.05) is 0 Å². The van der Waals surface area contributed by atoms with E-state index in [2.05, 4.69) is 15.9 Å². The Labute approximate surface area is 102 Å². The summed E-state index contributed by atoms with van der Waals surface area (Å²) in [4.78, 5) is 11.8. The summed E-state index contributed by atoms with van der Waals surface area (Å²) in [6, 6.07) is 7.27. The third kappa shape index (κ3) is 2.70. The molecule has 80 valence electrons. The average Bonchev–Trinajstić information content (AvgIpc) is 2.31. The number of hydrogen-bond acceptors (Lipinski definition) is 2. The first-order chi connectivity index (χ1) is 7.75. The molecule has 1 aromatic rings. The van der Waals surface area contributed by atoms with Crippen molar-refractivity contribution in [1.29, 1.82) is 0 Å². The molecular formula is C13H9BrO2. The van der Waals surface area contributed by atoms with Gasteiger partial charge in [0.2, 0.25) is 0 Å². The Balaban J connectivity index is 2.19. The average molecular weight is 277 g/mol. The van der Waals surface area contributed by atoms with Gasteiger partial charge in [-0.25, -0.2) is 0 Å². The molecule has 16 heavy (non-hydrogen) atoms. The largest absolute Gasteiger partial charge is 0.473 e. The van der Waals surface area contributed by atoms with Gasteiger partial charge in [0.05, 0.1) is 12.5 Å². The van der Waals surface area contributed by atoms with E-state index in [-0.39, 0.29) is 5.78 Å². The van der Waals surface area contributed by atoms with Gasteiger partial charge in [-0.15, -0.1) is 0 Å². The molecule has 1 aliphatic heterocycles. The molecule has 0 aliphatic carbocycles. The van der Waals surface area contributed by atoms with E-state index >= 15 is 0 Å². The van der Waals surface area contributed by atoms with Crippen molar-refractivity contribution in [3.8, 4) is 0 Å². The van der Waals surface area contributed by atoms with Crippen LogP contribution in [0.4, 0.5) is 0 Å². The highest BCUT2D eigenvalue weighted by molar-refractivity contribution is 9.10. The van der Waals surface area contributed by atoms with Gasteiger partial charge in [-0.05, 0) is 48.1 Å². The number of halogens is 1. The van der Waals surface area contributed by atoms with Crippen LogP contribution < -0.4 is 0 Å². The summed E-state index contributed by atoms with van der Waals surface area (Å²) < 4.78 is 5.84. The molecule has 0 fully saturated rings. The van der Waals surface area contributed by atoms with Gasteiger partial charge >= 0.3 is 0 Å². The molecule has 0 saturated heterocycles. The third-order valence-electron chi connectivity index (χ3n) is 2.10. The zero-order chi connectivity index (χ0) is 11.4. The van der Waals surface area contributed by atoms with Crippen LogP contribution in [0.2, 0.25) is 0 Å². The van der Waals surface area contributed by atoms with Crippen LogP contribution >= 0.6 is 15.9 Å². The van der Waals surface area contributed by atoms with Gasteiger partial charge in [-0.2, -0.15) is 0 Å². The Bertz CT molecular complexity index is 467. The maximum absolute atomic E-state index is 11.8. The van der Waals surface area contributed by atoms with Gasteiger partial charge in [-0.3, -0.25) is 4.79 Å². The zero-order valence-electron chi connectivity index (χ0n) is 8.39. The topological polar surface area (TPSA) is 26.3 Å². The number of carbonyl (C=O) groups is 1. The number of benzene rings is 1. The first kappa shape index (κ1) is 10.9. The van der Waals surface area contributed by atoms with Crippen molar-refractivity contribution in [1.82, 2.24) is 0 Å². The van der Waals surface area contributed by atoms with Gasteiger partial charge in [0.15, 0.2) is 5.78 Å². The van der Waals surface area contributed by atoms with Gasteiger partial charge < -0.3 is 4.74 Å². The van der Waals surface area contributed by atoms with Crippen LogP contribution in [-0.4, -0.2) is 5.78 Å². The van der Waals surface area contributed by atoms with E-state index < -0.39 is 0 Å². The molecule has 0 atom stereocenters. The summed E-state index contributed by atoms with van der Waals surface area (Å²) in [5.74, 6) is -0.0151. The summed E-state index contributed by atoms with van der Waals surface area (Å²) in [5.41, 5.74) is 1.50. The summed E-state index contributed by atoms with van der Waals surface area (Å²) in [6.45, 7) is 0. The summed E-state index contributed by atoms with van der Waals surface area (Å²) in [5, 5.41) is 0. The Morgan fingerprint density at radius 1 is 1.12 bits per heavy atom. The first-order valence-corrected chi connectivity index (χ1v) is 5.55. The molecule has 0 aromatic heterocycles. The maximum atomic E-state index is 11.8. The van der Waals surface area contributed by atoms with Crippen LogP contribution in [0, 0.1) is 0 Å². The minimum absolute atomic E-state index is 0.0151. The predicted octanol–water partition coefficient (Wildman–Crippen LogP) is 3.62. The van der Waals surface area contributed by atoms with Crippen molar-refractivity contribution in [3.63, 3.8) is 0 Å². The SMILES string of the molecule is O=C(C=C1C=COC=C1)c1ccc(Br)cc1. The fourth-order valence-electron chi connectivity index (χ4n) is 1.28. The van der Waals surface area contributed by atoms with Crippen molar-refractivity contribution in [2.24, 2.45) is 0 Å². The highest BCUT2D eigenvalue weighted by Crippen LogP contribution is 2.13. The van der Waals surface area contributed by atoms with Crippen LogP contribution in [0.3, 0.4) is 0 Å². The summed E-state index contributed by atoms with van der Waals surface area (Å²) >= 11 is 3.33. The lowest BCUT2D eigenvalue weighted by Gasteiger charge is -2.01. The van der Waals surface area contributed by atoms with Crippen molar-refractivity contribution >= 4 is 21.7 Å². The lowest BCUT2D eigenvalue weighted by Crippen LogP contribution is -1.95. The van der Waals surface area contributed by atoms with Crippen molar-refractivity contribution in [2.45, 2.75) is 0 Å². The molecular weight excluding hydrogens is 268 g/mol. The Kier molecular flexibility index (Phi) is 3.37. The van der Waals surface area contributed by atoms with Crippen LogP contribution in [0.5, 0.6) is 0 Å². The monoisotopic (exact) mass is 276 g/mol.